The number of nitrogens with zero attached hydrogens (tertiary/aromatic N) is 4. The van der Waals surface area contributed by atoms with Gasteiger partial charge in [-0.15, -0.1) is 29.7 Å². The van der Waals surface area contributed by atoms with E-state index in [-0.39, 0.29) is 76.5 Å². The van der Waals surface area contributed by atoms with Crippen LogP contribution in [0.3, 0.4) is 0 Å². The minimum absolute atomic E-state index is 0. The zero-order valence-electron chi connectivity index (χ0n) is 68.2. The van der Waals surface area contributed by atoms with Gasteiger partial charge in [-0.05, 0) is 183 Å². The Balaban J connectivity index is 0.00000930. The number of rotatable bonds is 8. The van der Waals surface area contributed by atoms with E-state index in [4.69, 9.17) is 22.1 Å². The summed E-state index contributed by atoms with van der Waals surface area (Å²) < 4.78 is 180. The van der Waals surface area contributed by atoms with Crippen LogP contribution in [0.15, 0.2) is 248 Å². The van der Waals surface area contributed by atoms with E-state index in [1.807, 2.05) is 72.8 Å². The standard InChI is InChI=1S/C84H66N4O.Pt/c1-82(2,3)61-39-42-85-79(48-61)88-76-36-20-19-33-68(76)69-38-37-64(50-77(69)88)89-63-30-21-29-62(49-63)86-53-87-80-65(56-27-15-10-16-28-56)34-22-35-70(80)72-52-75-74(83(4,5)40-41-84(75,6)7)51-71(72)66-31-17-18-32-67(66)73-46-60(47-78(86)81(73)87)59-44-57(54-23-11-8-12-24-54)43-58(45-59)55-25-13-9-14-26-55;/h8-39,42-48,51-52H,40-41H2,1-7H3;/q-2;/i8D,9D,10D,11D,12D,13D,14D,15D,16D,23D,24D,25D,26D,27D,28D,43D,44D,45D;. The number of hydrogen-bond donors (Lipinski definition) is 0. The monoisotopic (exact) mass is 1360 g/mol. The number of fused-ring (bicyclic) bond motifs is 11. The zero-order valence-corrected chi connectivity index (χ0v) is 52.5. The molecule has 0 bridgehead atoms. The molecule has 90 heavy (non-hydrogen) atoms. The van der Waals surface area contributed by atoms with Crippen LogP contribution in [0.5, 0.6) is 11.5 Å². The van der Waals surface area contributed by atoms with Gasteiger partial charge < -0.3 is 13.9 Å². The summed E-state index contributed by atoms with van der Waals surface area (Å²) in [7, 11) is 0. The molecule has 440 valence electrons. The van der Waals surface area contributed by atoms with E-state index in [9.17, 15) is 12.3 Å². The predicted octanol–water partition coefficient (Wildman–Crippen LogP) is 21.2. The maximum Gasteiger partial charge on any atom is 0.268 e. The Kier molecular flexibility index (Phi) is 9.72. The third-order valence-corrected chi connectivity index (χ3v) is 17.7. The van der Waals surface area contributed by atoms with Crippen molar-refractivity contribution in [2.24, 2.45) is 0 Å². The summed E-state index contributed by atoms with van der Waals surface area (Å²) >= 11 is 0. The molecular weight excluding hydrogens is 1280 g/mol. The Morgan fingerprint density at radius 2 is 1.07 bits per heavy atom. The summed E-state index contributed by atoms with van der Waals surface area (Å²) in [5.74, 6) is 1.21. The number of imidazole rings is 1. The van der Waals surface area contributed by atoms with Crippen molar-refractivity contribution in [2.75, 3.05) is 0 Å². The molecule has 16 rings (SSSR count). The number of benzene rings is 11. The van der Waals surface area contributed by atoms with E-state index < -0.39 is 131 Å². The van der Waals surface area contributed by atoms with E-state index in [0.29, 0.717) is 50.5 Å². The first-order valence-electron chi connectivity index (χ1n) is 38.7. The number of pyridine rings is 1. The Hall–Kier alpha value is -9.67. The molecule has 0 amide bonds. The van der Waals surface area contributed by atoms with Crippen LogP contribution in [0.2, 0.25) is 0 Å². The third-order valence-electron chi connectivity index (χ3n) is 17.7. The SMILES string of the molecule is [2H]c1c([2H])c([2H])c(-c2cccc3c2-[n+]2[c-]n(-c4[c-]c(Oc5[c-]c6c(cc5)c5ccccc5n6-c5cc(C(C)(C)C)ccn5)ccc4)c4cc(-c5c([2H])c(-c6c([2H])c([2H])c([2H])c([2H])c6[2H])c([2H])c(-c6c([2H])c([2H])c([2H])c([2H])c6[2H])c5[2H])cc(c42)-c2ccccc2-c2cc4c(cc2-3)C(C)(C)CCC4(C)C)c([2H])c1[2H].[Pt]. The topological polar surface area (TPSA) is 35.9 Å². The van der Waals surface area contributed by atoms with Crippen LogP contribution in [0.4, 0.5) is 0 Å². The minimum atomic E-state index is -0.814. The smallest absolute Gasteiger partial charge is 0.268 e. The van der Waals surface area contributed by atoms with Crippen LogP contribution in [0.25, 0.3) is 128 Å². The molecule has 0 N–H and O–H groups in total. The summed E-state index contributed by atoms with van der Waals surface area (Å²) in [4.78, 5) is 4.88. The van der Waals surface area contributed by atoms with Crippen molar-refractivity contribution in [3.63, 3.8) is 0 Å². The molecule has 1 aliphatic heterocycles. The average molecular weight is 1360 g/mol. The number of para-hydroxylation sites is 2. The molecule has 0 unspecified atom stereocenters. The van der Waals surface area contributed by atoms with Crippen molar-refractivity contribution in [3.8, 4) is 107 Å². The molecule has 2 aliphatic rings. The van der Waals surface area contributed by atoms with Gasteiger partial charge in [-0.3, -0.25) is 4.57 Å². The van der Waals surface area contributed by atoms with Crippen molar-refractivity contribution in [3.05, 3.63) is 284 Å². The maximum absolute atomic E-state index is 10.5. The molecule has 0 saturated heterocycles. The van der Waals surface area contributed by atoms with Gasteiger partial charge in [-0.1, -0.05) is 217 Å². The summed E-state index contributed by atoms with van der Waals surface area (Å²) in [5, 5.41) is 1.87. The molecule has 5 nitrogen and oxygen atoms in total. The van der Waals surface area contributed by atoms with E-state index in [2.05, 4.69) is 89.7 Å². The molecule has 14 aromatic rings. The molecule has 4 heterocycles. The van der Waals surface area contributed by atoms with Crippen molar-refractivity contribution in [1.82, 2.24) is 14.1 Å². The van der Waals surface area contributed by atoms with Crippen LogP contribution < -0.4 is 9.30 Å². The molecule has 0 radical (unpaired) electrons. The molecule has 1 aliphatic carbocycles. The molecule has 11 aromatic carbocycles. The van der Waals surface area contributed by atoms with Crippen molar-refractivity contribution in [1.29, 1.82) is 0 Å². The third kappa shape index (κ3) is 9.65. The van der Waals surface area contributed by atoms with Crippen LogP contribution >= 0.6 is 0 Å². The molecule has 0 atom stereocenters. The van der Waals surface area contributed by atoms with Gasteiger partial charge in [0, 0.05) is 44.3 Å². The average Bonchev–Trinajstić information content (AvgIpc) is 1.33. The number of aromatic nitrogens is 4. The van der Waals surface area contributed by atoms with Crippen LogP contribution in [-0.2, 0) is 37.3 Å². The maximum atomic E-state index is 10.5. The molecular formula is C84H66N4OPt-2. The van der Waals surface area contributed by atoms with E-state index in [1.54, 1.807) is 57.8 Å². The van der Waals surface area contributed by atoms with Gasteiger partial charge in [-0.2, -0.15) is 18.2 Å². The number of hydrogen-bond acceptors (Lipinski definition) is 2. The van der Waals surface area contributed by atoms with Crippen molar-refractivity contribution >= 4 is 32.8 Å². The van der Waals surface area contributed by atoms with Gasteiger partial charge in [-0.25, -0.2) is 4.98 Å². The summed E-state index contributed by atoms with van der Waals surface area (Å²) in [6.07, 6.45) is 7.22. The van der Waals surface area contributed by atoms with Gasteiger partial charge in [0.2, 0.25) is 0 Å². The predicted molar refractivity (Wildman–Crippen MR) is 366 cm³/mol. The Morgan fingerprint density at radius 3 is 1.73 bits per heavy atom. The largest absolute Gasteiger partial charge is 0.510 e. The van der Waals surface area contributed by atoms with E-state index in [0.717, 1.165) is 56.9 Å². The first-order chi connectivity index (χ1) is 50.7. The second-order valence-electron chi connectivity index (χ2n) is 25.2. The summed E-state index contributed by atoms with van der Waals surface area (Å²) in [6, 6.07) is 36.5. The molecule has 0 fully saturated rings. The quantitative estimate of drug-likeness (QED) is 0.112. The zero-order chi connectivity index (χ0) is 76.0. The molecule has 6 heteroatoms. The second-order valence-corrected chi connectivity index (χ2v) is 25.2. The fraction of sp³-hybridized carbons (Fsp3) is 0.143. The van der Waals surface area contributed by atoms with E-state index >= 15 is 0 Å². The molecule has 0 saturated carbocycles. The van der Waals surface area contributed by atoms with Crippen molar-refractivity contribution < 1.29 is 55.0 Å². The van der Waals surface area contributed by atoms with Gasteiger partial charge >= 0.3 is 0 Å². The van der Waals surface area contributed by atoms with E-state index in [1.165, 1.54) is 0 Å². The first kappa shape index (κ1) is 40.1. The molecule has 3 aromatic heterocycles. The Bertz CT molecular complexity index is 6110. The Labute approximate surface area is 567 Å². The fourth-order valence-electron chi connectivity index (χ4n) is 13.1. The van der Waals surface area contributed by atoms with Crippen LogP contribution in [-0.4, -0.2) is 14.1 Å². The van der Waals surface area contributed by atoms with Crippen molar-refractivity contribution in [2.45, 2.75) is 77.6 Å². The Morgan fingerprint density at radius 1 is 0.500 bits per heavy atom. The van der Waals surface area contributed by atoms with Gasteiger partial charge in [0.1, 0.15) is 5.82 Å². The normalized spacial score (nSPS) is 16.5. The summed E-state index contributed by atoms with van der Waals surface area (Å²) in [5.41, 5.74) is 6.46. The van der Waals surface area contributed by atoms with Gasteiger partial charge in [0.15, 0.2) is 0 Å². The second kappa shape index (κ2) is 21.8. The van der Waals surface area contributed by atoms with Crippen LogP contribution in [0, 0.1) is 18.5 Å². The van der Waals surface area contributed by atoms with Crippen LogP contribution in [0.1, 0.15) is 103 Å². The van der Waals surface area contributed by atoms with Gasteiger partial charge in [0.25, 0.3) is 6.33 Å². The molecule has 0 spiro atoms. The van der Waals surface area contributed by atoms with Gasteiger partial charge in [0.05, 0.1) is 41.4 Å². The summed E-state index contributed by atoms with van der Waals surface area (Å²) in [6.45, 7) is 15.3. The number of ether oxygens (including phenoxy) is 1. The first-order valence-corrected chi connectivity index (χ1v) is 29.7. The minimum Gasteiger partial charge on any atom is -0.510 e. The fourth-order valence-corrected chi connectivity index (χ4v) is 13.1.